The second kappa shape index (κ2) is 5.90. The zero-order valence-corrected chi connectivity index (χ0v) is 11.2. The van der Waals surface area contributed by atoms with Gasteiger partial charge in [-0.2, -0.15) is 0 Å². The number of hydrogen-bond acceptors (Lipinski definition) is 2. The van der Waals surface area contributed by atoms with Crippen LogP contribution >= 0.6 is 0 Å². The Kier molecular flexibility index (Phi) is 4.22. The predicted molar refractivity (Wildman–Crippen MR) is 72.1 cm³/mol. The molecular formula is C14H17FN2O3. The van der Waals surface area contributed by atoms with Crippen molar-refractivity contribution in [1.82, 2.24) is 4.90 Å². The molecule has 20 heavy (non-hydrogen) atoms. The van der Waals surface area contributed by atoms with Crippen molar-refractivity contribution < 1.29 is 19.1 Å². The van der Waals surface area contributed by atoms with Crippen molar-refractivity contribution in [2.24, 2.45) is 5.92 Å². The summed E-state index contributed by atoms with van der Waals surface area (Å²) >= 11 is 0. The summed E-state index contributed by atoms with van der Waals surface area (Å²) in [4.78, 5) is 24.5. The number of piperidine rings is 1. The molecule has 0 saturated carbocycles. The molecule has 0 unspecified atom stereocenters. The van der Waals surface area contributed by atoms with Gasteiger partial charge in [-0.25, -0.2) is 9.18 Å². The largest absolute Gasteiger partial charge is 0.481 e. The van der Waals surface area contributed by atoms with Gasteiger partial charge in [0.25, 0.3) is 0 Å². The highest BCUT2D eigenvalue weighted by Gasteiger charge is 2.28. The smallest absolute Gasteiger partial charge is 0.321 e. The summed E-state index contributed by atoms with van der Waals surface area (Å²) in [5, 5.41) is 11.6. The van der Waals surface area contributed by atoms with Crippen LogP contribution in [0.3, 0.4) is 0 Å². The van der Waals surface area contributed by atoms with E-state index in [1.807, 2.05) is 0 Å². The molecule has 1 heterocycles. The van der Waals surface area contributed by atoms with Gasteiger partial charge in [-0.05, 0) is 43.5 Å². The number of nitrogens with zero attached hydrogens (tertiary/aromatic N) is 1. The SMILES string of the molecule is Cc1cc(F)cc(NC(=O)N2CCC[C@@H](C(=O)O)C2)c1. The van der Waals surface area contributed by atoms with Crippen LogP contribution < -0.4 is 5.32 Å². The lowest BCUT2D eigenvalue weighted by Gasteiger charge is -2.30. The number of aryl methyl sites for hydroxylation is 1. The highest BCUT2D eigenvalue weighted by Crippen LogP contribution is 2.19. The maximum Gasteiger partial charge on any atom is 0.321 e. The number of carbonyl (C=O) groups excluding carboxylic acids is 1. The monoisotopic (exact) mass is 280 g/mol. The van der Waals surface area contributed by atoms with Crippen molar-refractivity contribution in [2.45, 2.75) is 19.8 Å². The molecule has 5 nitrogen and oxygen atoms in total. The number of amides is 2. The normalized spacial score (nSPS) is 18.7. The van der Waals surface area contributed by atoms with E-state index in [9.17, 15) is 14.0 Å². The van der Waals surface area contributed by atoms with Crippen LogP contribution in [0.5, 0.6) is 0 Å². The van der Waals surface area contributed by atoms with Gasteiger partial charge in [0.1, 0.15) is 5.82 Å². The number of benzene rings is 1. The maximum atomic E-state index is 13.2. The third-order valence-corrected chi connectivity index (χ3v) is 3.35. The lowest BCUT2D eigenvalue weighted by atomic mass is 9.99. The first-order valence-corrected chi connectivity index (χ1v) is 6.51. The number of likely N-dealkylation sites (tertiary alicyclic amines) is 1. The molecule has 108 valence electrons. The summed E-state index contributed by atoms with van der Waals surface area (Å²) in [6, 6.07) is 3.89. The van der Waals surface area contributed by atoms with Crippen LogP contribution in [-0.4, -0.2) is 35.1 Å². The predicted octanol–water partition coefficient (Wildman–Crippen LogP) is 2.46. The Hall–Kier alpha value is -2.11. The van der Waals surface area contributed by atoms with Crippen molar-refractivity contribution in [1.29, 1.82) is 0 Å². The van der Waals surface area contributed by atoms with Crippen molar-refractivity contribution in [3.63, 3.8) is 0 Å². The van der Waals surface area contributed by atoms with Gasteiger partial charge in [-0.1, -0.05) is 0 Å². The quantitative estimate of drug-likeness (QED) is 0.874. The first kappa shape index (κ1) is 14.3. The number of rotatable bonds is 2. The second-order valence-electron chi connectivity index (χ2n) is 5.07. The van der Waals surface area contributed by atoms with Crippen LogP contribution in [0.2, 0.25) is 0 Å². The Morgan fingerprint density at radius 2 is 2.15 bits per heavy atom. The van der Waals surface area contributed by atoms with E-state index in [1.165, 1.54) is 17.0 Å². The third-order valence-electron chi connectivity index (χ3n) is 3.35. The standard InChI is InChI=1S/C14H17FN2O3/c1-9-5-11(15)7-12(6-9)16-14(20)17-4-2-3-10(8-17)13(18)19/h5-7,10H,2-4,8H2,1H3,(H,16,20)(H,18,19)/t10-/m1/s1. The van der Waals surface area contributed by atoms with E-state index < -0.39 is 17.7 Å². The minimum absolute atomic E-state index is 0.190. The molecule has 1 atom stereocenters. The van der Waals surface area contributed by atoms with E-state index >= 15 is 0 Å². The summed E-state index contributed by atoms with van der Waals surface area (Å²) in [6.45, 7) is 2.44. The maximum absolute atomic E-state index is 13.2. The summed E-state index contributed by atoms with van der Waals surface area (Å²) in [7, 11) is 0. The van der Waals surface area contributed by atoms with Gasteiger partial charge in [0.2, 0.25) is 0 Å². The van der Waals surface area contributed by atoms with E-state index in [0.29, 0.717) is 30.6 Å². The van der Waals surface area contributed by atoms with E-state index in [0.717, 1.165) is 0 Å². The number of anilines is 1. The number of nitrogens with one attached hydrogen (secondary N) is 1. The second-order valence-corrected chi connectivity index (χ2v) is 5.07. The van der Waals surface area contributed by atoms with E-state index in [4.69, 9.17) is 5.11 Å². The molecule has 2 N–H and O–H groups in total. The van der Waals surface area contributed by atoms with Crippen LogP contribution in [0.25, 0.3) is 0 Å². The molecule has 2 rings (SSSR count). The van der Waals surface area contributed by atoms with Gasteiger partial charge < -0.3 is 15.3 Å². The van der Waals surface area contributed by atoms with Crippen molar-refractivity contribution in [3.05, 3.63) is 29.6 Å². The molecule has 2 amide bonds. The number of hydrogen-bond donors (Lipinski definition) is 2. The topological polar surface area (TPSA) is 69.6 Å². The lowest BCUT2D eigenvalue weighted by Crippen LogP contribution is -2.44. The van der Waals surface area contributed by atoms with Gasteiger partial charge >= 0.3 is 12.0 Å². The van der Waals surface area contributed by atoms with Crippen LogP contribution in [0.1, 0.15) is 18.4 Å². The van der Waals surface area contributed by atoms with Crippen LogP contribution in [0.15, 0.2) is 18.2 Å². The summed E-state index contributed by atoms with van der Waals surface area (Å²) in [5.74, 6) is -1.82. The van der Waals surface area contributed by atoms with Gasteiger partial charge in [0, 0.05) is 18.8 Å². The highest BCUT2D eigenvalue weighted by molar-refractivity contribution is 5.89. The Labute approximate surface area is 116 Å². The fraction of sp³-hybridized carbons (Fsp3) is 0.429. The van der Waals surface area contributed by atoms with E-state index in [2.05, 4.69) is 5.32 Å². The molecule has 1 fully saturated rings. The van der Waals surface area contributed by atoms with Crippen LogP contribution in [0, 0.1) is 18.7 Å². The zero-order chi connectivity index (χ0) is 14.7. The van der Waals surface area contributed by atoms with Gasteiger partial charge in [0.05, 0.1) is 5.92 Å². The average Bonchev–Trinajstić information content (AvgIpc) is 2.37. The first-order chi connectivity index (χ1) is 9.45. The molecule has 1 aromatic rings. The number of carboxylic acids is 1. The molecule has 1 saturated heterocycles. The Balaban J connectivity index is 2.02. The third kappa shape index (κ3) is 3.46. The molecule has 0 aliphatic carbocycles. The molecule has 1 aliphatic heterocycles. The number of halogens is 1. The zero-order valence-electron chi connectivity index (χ0n) is 11.2. The lowest BCUT2D eigenvalue weighted by molar-refractivity contribution is -0.143. The van der Waals surface area contributed by atoms with Crippen LogP contribution in [0.4, 0.5) is 14.9 Å². The van der Waals surface area contributed by atoms with E-state index in [-0.39, 0.29) is 12.6 Å². The Morgan fingerprint density at radius 3 is 2.80 bits per heavy atom. The van der Waals surface area contributed by atoms with Crippen molar-refractivity contribution >= 4 is 17.7 Å². The van der Waals surface area contributed by atoms with Crippen LogP contribution in [-0.2, 0) is 4.79 Å². The minimum Gasteiger partial charge on any atom is -0.481 e. The summed E-state index contributed by atoms with van der Waals surface area (Å²) < 4.78 is 13.2. The van der Waals surface area contributed by atoms with Gasteiger partial charge in [-0.3, -0.25) is 4.79 Å². The van der Waals surface area contributed by atoms with Crippen molar-refractivity contribution in [3.8, 4) is 0 Å². The molecular weight excluding hydrogens is 263 g/mol. The number of urea groups is 1. The minimum atomic E-state index is -0.885. The van der Waals surface area contributed by atoms with Crippen molar-refractivity contribution in [2.75, 3.05) is 18.4 Å². The molecule has 6 heteroatoms. The Bertz CT molecular complexity index is 513. The molecule has 0 spiro atoms. The molecule has 1 aliphatic rings. The first-order valence-electron chi connectivity index (χ1n) is 6.51. The number of carbonyl (C=O) groups is 2. The van der Waals surface area contributed by atoms with Gasteiger partial charge in [0.15, 0.2) is 0 Å². The fourth-order valence-corrected chi connectivity index (χ4v) is 2.37. The molecule has 1 aromatic carbocycles. The molecule has 0 aromatic heterocycles. The molecule has 0 bridgehead atoms. The summed E-state index contributed by atoms with van der Waals surface area (Å²) in [5.41, 5.74) is 1.09. The van der Waals surface area contributed by atoms with E-state index in [1.54, 1.807) is 13.0 Å². The number of carboxylic acid groups (broad SMARTS) is 1. The average molecular weight is 280 g/mol. The summed E-state index contributed by atoms with van der Waals surface area (Å²) in [6.07, 6.45) is 1.24. The van der Waals surface area contributed by atoms with Gasteiger partial charge in [-0.15, -0.1) is 0 Å². The Morgan fingerprint density at radius 1 is 1.40 bits per heavy atom. The number of aliphatic carboxylic acids is 1. The fourth-order valence-electron chi connectivity index (χ4n) is 2.37. The molecule has 0 radical (unpaired) electrons. The highest BCUT2D eigenvalue weighted by atomic mass is 19.1.